The zero-order valence-corrected chi connectivity index (χ0v) is 7.28. The van der Waals surface area contributed by atoms with Crippen LogP contribution in [0.1, 0.15) is 0 Å². The Morgan fingerprint density at radius 3 is 2.21 bits per heavy atom. The summed E-state index contributed by atoms with van der Waals surface area (Å²) < 4.78 is 4.81. The quantitative estimate of drug-likeness (QED) is 0.316. The van der Waals surface area contributed by atoms with Gasteiger partial charge in [0.1, 0.15) is 24.4 Å². The molecule has 14 heavy (non-hydrogen) atoms. The van der Waals surface area contributed by atoms with Crippen molar-refractivity contribution < 1.29 is 30.0 Å². The fourth-order valence-corrected chi connectivity index (χ4v) is 1.34. The van der Waals surface area contributed by atoms with Gasteiger partial charge < -0.3 is 30.9 Å². The van der Waals surface area contributed by atoms with E-state index in [0.29, 0.717) is 0 Å². The van der Waals surface area contributed by atoms with E-state index in [2.05, 4.69) is 0 Å². The smallest absolute Gasteiger partial charge is 0.249 e. The molecule has 5 atom stereocenters. The average Bonchev–Trinajstić information content (AvgIpc) is 2.14. The molecule has 7 nitrogen and oxygen atoms in total. The number of carbonyl (C=O) groups is 1. The summed E-state index contributed by atoms with van der Waals surface area (Å²) in [7, 11) is 0. The maximum absolute atomic E-state index is 10.7. The van der Waals surface area contributed by atoms with Crippen LogP contribution in [0.3, 0.4) is 0 Å². The topological polar surface area (TPSA) is 133 Å². The molecule has 7 heteroatoms. The number of aliphatic hydroxyl groups is 4. The molecule has 1 aliphatic heterocycles. The lowest BCUT2D eigenvalue weighted by Gasteiger charge is -2.38. The van der Waals surface area contributed by atoms with Gasteiger partial charge in [0.2, 0.25) is 5.91 Å². The first-order chi connectivity index (χ1) is 6.49. The van der Waals surface area contributed by atoms with E-state index < -0.39 is 43.0 Å². The number of hydrogen-bond donors (Lipinski definition) is 5. The molecule has 0 saturated carbocycles. The average molecular weight is 207 g/mol. The van der Waals surface area contributed by atoms with E-state index in [4.69, 9.17) is 15.6 Å². The van der Waals surface area contributed by atoms with E-state index in [-0.39, 0.29) is 0 Å². The second-order valence-corrected chi connectivity index (χ2v) is 3.15. The van der Waals surface area contributed by atoms with E-state index in [1.807, 2.05) is 0 Å². The summed E-state index contributed by atoms with van der Waals surface area (Å²) >= 11 is 0. The molecule has 0 radical (unpaired) electrons. The summed E-state index contributed by atoms with van der Waals surface area (Å²) in [4.78, 5) is 10.7. The highest BCUT2D eigenvalue weighted by atomic mass is 16.5. The standard InChI is InChI=1S/C7H13NO6/c8-7(13)6-5(12)4(11)3(10)2(1-9)14-6/h2-6,9-12H,1H2,(H2,8,13)/t2-,3-,4+,5-,6?/m0/s1. The molecule has 1 aliphatic rings. The minimum Gasteiger partial charge on any atom is -0.394 e. The molecule has 0 aromatic heterocycles. The molecule has 1 rings (SSSR count). The van der Waals surface area contributed by atoms with Crippen molar-refractivity contribution in [1.82, 2.24) is 0 Å². The van der Waals surface area contributed by atoms with Crippen molar-refractivity contribution in [2.45, 2.75) is 30.5 Å². The van der Waals surface area contributed by atoms with Crippen LogP contribution in [-0.4, -0.2) is 63.5 Å². The van der Waals surface area contributed by atoms with Crippen LogP contribution >= 0.6 is 0 Å². The minimum atomic E-state index is -1.58. The van der Waals surface area contributed by atoms with Crippen molar-refractivity contribution in [1.29, 1.82) is 0 Å². The van der Waals surface area contributed by atoms with Gasteiger partial charge in [0.25, 0.3) is 0 Å². The number of hydrogen-bond acceptors (Lipinski definition) is 6. The third-order valence-corrected chi connectivity index (χ3v) is 2.17. The number of carbonyl (C=O) groups excluding carboxylic acids is 1. The van der Waals surface area contributed by atoms with Crippen LogP contribution in [0, 0.1) is 0 Å². The second kappa shape index (κ2) is 4.20. The van der Waals surface area contributed by atoms with Crippen molar-refractivity contribution in [3.8, 4) is 0 Å². The first-order valence-electron chi connectivity index (χ1n) is 4.09. The molecule has 1 amide bonds. The summed E-state index contributed by atoms with van der Waals surface area (Å²) in [5, 5.41) is 36.5. The Balaban J connectivity index is 2.78. The van der Waals surface area contributed by atoms with Crippen LogP contribution in [0.15, 0.2) is 0 Å². The molecule has 1 unspecified atom stereocenters. The Bertz CT molecular complexity index is 220. The van der Waals surface area contributed by atoms with Crippen molar-refractivity contribution in [2.24, 2.45) is 5.73 Å². The zero-order valence-electron chi connectivity index (χ0n) is 7.28. The lowest BCUT2D eigenvalue weighted by Crippen LogP contribution is -2.61. The summed E-state index contributed by atoms with van der Waals surface area (Å²) in [6, 6.07) is 0. The van der Waals surface area contributed by atoms with Gasteiger partial charge in [-0.1, -0.05) is 0 Å². The Morgan fingerprint density at radius 2 is 1.79 bits per heavy atom. The van der Waals surface area contributed by atoms with Gasteiger partial charge in [0.05, 0.1) is 6.61 Å². The summed E-state index contributed by atoms with van der Waals surface area (Å²) in [6.45, 7) is -0.575. The third kappa shape index (κ3) is 1.86. The molecular formula is C7H13NO6. The van der Waals surface area contributed by atoms with E-state index in [0.717, 1.165) is 0 Å². The minimum absolute atomic E-state index is 0.575. The van der Waals surface area contributed by atoms with Crippen molar-refractivity contribution >= 4 is 5.91 Å². The van der Waals surface area contributed by atoms with Gasteiger partial charge >= 0.3 is 0 Å². The molecule has 0 aliphatic carbocycles. The fraction of sp³-hybridized carbons (Fsp3) is 0.857. The predicted molar refractivity (Wildman–Crippen MR) is 43.0 cm³/mol. The number of amides is 1. The number of aliphatic hydroxyl groups excluding tert-OH is 4. The lowest BCUT2D eigenvalue weighted by atomic mass is 9.95. The van der Waals surface area contributed by atoms with E-state index in [9.17, 15) is 20.1 Å². The van der Waals surface area contributed by atoms with Crippen LogP contribution < -0.4 is 5.73 Å². The first-order valence-corrected chi connectivity index (χ1v) is 4.09. The van der Waals surface area contributed by atoms with Gasteiger partial charge in [-0.15, -0.1) is 0 Å². The molecule has 0 bridgehead atoms. The van der Waals surface area contributed by atoms with Crippen molar-refractivity contribution in [2.75, 3.05) is 6.61 Å². The van der Waals surface area contributed by atoms with Gasteiger partial charge in [-0.2, -0.15) is 0 Å². The Kier molecular flexibility index (Phi) is 3.40. The normalized spacial score (nSPS) is 43.6. The summed E-state index contributed by atoms with van der Waals surface area (Å²) in [6.07, 6.45) is -7.11. The number of rotatable bonds is 2. The van der Waals surface area contributed by atoms with Crippen LogP contribution in [0.5, 0.6) is 0 Å². The Labute approximate surface area is 79.7 Å². The molecule has 0 spiro atoms. The van der Waals surface area contributed by atoms with Gasteiger partial charge in [0.15, 0.2) is 6.10 Å². The third-order valence-electron chi connectivity index (χ3n) is 2.17. The Hall–Kier alpha value is -0.730. The van der Waals surface area contributed by atoms with Crippen LogP contribution in [-0.2, 0) is 9.53 Å². The molecule has 82 valence electrons. The van der Waals surface area contributed by atoms with Gasteiger partial charge in [0, 0.05) is 0 Å². The molecule has 1 saturated heterocycles. The molecular weight excluding hydrogens is 194 g/mol. The van der Waals surface area contributed by atoms with Gasteiger partial charge in [-0.3, -0.25) is 4.79 Å². The highest BCUT2D eigenvalue weighted by Gasteiger charge is 2.45. The number of ether oxygens (including phenoxy) is 1. The zero-order chi connectivity index (χ0) is 10.9. The maximum atomic E-state index is 10.7. The molecule has 1 heterocycles. The summed E-state index contributed by atoms with van der Waals surface area (Å²) in [5.74, 6) is -0.957. The van der Waals surface area contributed by atoms with Crippen LogP contribution in [0.4, 0.5) is 0 Å². The van der Waals surface area contributed by atoms with Crippen LogP contribution in [0.25, 0.3) is 0 Å². The van der Waals surface area contributed by atoms with Gasteiger partial charge in [-0.25, -0.2) is 0 Å². The number of nitrogens with two attached hydrogens (primary N) is 1. The lowest BCUT2D eigenvalue weighted by molar-refractivity contribution is -0.225. The SMILES string of the molecule is NC(=O)C1O[C@@H](CO)[C@H](O)[C@@H](O)[C@@H]1O. The highest BCUT2D eigenvalue weighted by Crippen LogP contribution is 2.20. The number of primary amides is 1. The second-order valence-electron chi connectivity index (χ2n) is 3.15. The monoisotopic (exact) mass is 207 g/mol. The van der Waals surface area contributed by atoms with E-state index >= 15 is 0 Å². The predicted octanol–water partition coefficient (Wildman–Crippen LogP) is -3.69. The van der Waals surface area contributed by atoms with Crippen LogP contribution in [0.2, 0.25) is 0 Å². The fourth-order valence-electron chi connectivity index (χ4n) is 1.34. The molecule has 6 N–H and O–H groups in total. The highest BCUT2D eigenvalue weighted by molar-refractivity contribution is 5.79. The van der Waals surface area contributed by atoms with Crippen molar-refractivity contribution in [3.63, 3.8) is 0 Å². The largest absolute Gasteiger partial charge is 0.394 e. The van der Waals surface area contributed by atoms with Crippen molar-refractivity contribution in [3.05, 3.63) is 0 Å². The van der Waals surface area contributed by atoms with E-state index in [1.54, 1.807) is 0 Å². The molecule has 1 fully saturated rings. The Morgan fingerprint density at radius 1 is 1.21 bits per heavy atom. The molecule has 0 aromatic carbocycles. The van der Waals surface area contributed by atoms with E-state index in [1.165, 1.54) is 0 Å². The first kappa shape index (κ1) is 11.3. The molecule has 0 aromatic rings. The maximum Gasteiger partial charge on any atom is 0.249 e. The summed E-state index contributed by atoms with van der Waals surface area (Å²) in [5.41, 5.74) is 4.88. The van der Waals surface area contributed by atoms with Gasteiger partial charge in [-0.05, 0) is 0 Å².